The number of rotatable bonds is 6. The molecule has 0 aliphatic carbocycles. The molecule has 19 heavy (non-hydrogen) atoms. The molecule has 2 unspecified atom stereocenters. The topological polar surface area (TPSA) is 64.4 Å². The van der Waals surface area contributed by atoms with Gasteiger partial charge in [0, 0.05) is 18.9 Å². The Labute approximate surface area is 114 Å². The first-order valence-corrected chi connectivity index (χ1v) is 6.96. The lowest BCUT2D eigenvalue weighted by atomic mass is 10.1. The molecular weight excluding hydrogens is 240 g/mol. The number of carbonyl (C=O) groups excluding carboxylic acids is 1. The van der Waals surface area contributed by atoms with Crippen molar-refractivity contribution in [2.45, 2.75) is 44.8 Å². The molecule has 4 nitrogen and oxygen atoms in total. The summed E-state index contributed by atoms with van der Waals surface area (Å²) in [7, 11) is 0. The first-order valence-electron chi connectivity index (χ1n) is 6.96. The molecule has 1 aliphatic rings. The molecule has 4 heteroatoms. The first-order chi connectivity index (χ1) is 9.19. The van der Waals surface area contributed by atoms with Gasteiger partial charge in [0.25, 0.3) is 0 Å². The Bertz CT molecular complexity index is 409. The molecule has 1 amide bonds. The molecule has 3 N–H and O–H groups in total. The molecule has 0 spiro atoms. The lowest BCUT2D eigenvalue weighted by molar-refractivity contribution is -0.121. The molecular formula is C15H22N2O2. The van der Waals surface area contributed by atoms with Crippen LogP contribution in [-0.2, 0) is 11.2 Å². The number of nitrogens with one attached hydrogen (secondary N) is 1. The van der Waals surface area contributed by atoms with E-state index in [9.17, 15) is 4.79 Å². The molecule has 1 aromatic rings. The van der Waals surface area contributed by atoms with Crippen molar-refractivity contribution in [1.29, 1.82) is 0 Å². The van der Waals surface area contributed by atoms with Gasteiger partial charge in [-0.05, 0) is 18.1 Å². The molecule has 0 radical (unpaired) electrons. The minimum absolute atomic E-state index is 0.0144. The maximum absolute atomic E-state index is 11.7. The first kappa shape index (κ1) is 13.9. The van der Waals surface area contributed by atoms with Crippen molar-refractivity contribution >= 4 is 5.91 Å². The van der Waals surface area contributed by atoms with Crippen molar-refractivity contribution in [2.75, 3.05) is 6.54 Å². The van der Waals surface area contributed by atoms with Gasteiger partial charge in [-0.2, -0.15) is 0 Å². The number of para-hydroxylation sites is 1. The van der Waals surface area contributed by atoms with Crippen LogP contribution in [0.2, 0.25) is 0 Å². The molecule has 0 bridgehead atoms. The number of amides is 1. The van der Waals surface area contributed by atoms with Crippen molar-refractivity contribution < 1.29 is 9.53 Å². The van der Waals surface area contributed by atoms with Crippen molar-refractivity contribution in [3.63, 3.8) is 0 Å². The van der Waals surface area contributed by atoms with E-state index in [4.69, 9.17) is 10.5 Å². The monoisotopic (exact) mass is 262 g/mol. The third-order valence-electron chi connectivity index (χ3n) is 3.35. The minimum Gasteiger partial charge on any atom is -0.488 e. The zero-order valence-corrected chi connectivity index (χ0v) is 11.4. The van der Waals surface area contributed by atoms with Gasteiger partial charge in [-0.25, -0.2) is 0 Å². The number of ether oxygens (including phenoxy) is 1. The molecule has 104 valence electrons. The molecule has 2 atom stereocenters. The van der Waals surface area contributed by atoms with Crippen LogP contribution in [-0.4, -0.2) is 24.6 Å². The lowest BCUT2D eigenvalue weighted by Crippen LogP contribution is -2.37. The van der Waals surface area contributed by atoms with Crippen LogP contribution >= 0.6 is 0 Å². The van der Waals surface area contributed by atoms with Gasteiger partial charge in [-0.15, -0.1) is 0 Å². The number of carbonyl (C=O) groups is 1. The van der Waals surface area contributed by atoms with E-state index in [1.165, 1.54) is 5.56 Å². The molecule has 1 aromatic carbocycles. The summed E-state index contributed by atoms with van der Waals surface area (Å²) in [5, 5.41) is 2.90. The summed E-state index contributed by atoms with van der Waals surface area (Å²) in [4.78, 5) is 11.7. The van der Waals surface area contributed by atoms with Crippen molar-refractivity contribution in [2.24, 2.45) is 5.73 Å². The van der Waals surface area contributed by atoms with E-state index in [1.54, 1.807) is 0 Å². The fourth-order valence-electron chi connectivity index (χ4n) is 2.38. The smallest absolute Gasteiger partial charge is 0.221 e. The summed E-state index contributed by atoms with van der Waals surface area (Å²) < 4.78 is 5.76. The van der Waals surface area contributed by atoms with Gasteiger partial charge in [0.1, 0.15) is 11.9 Å². The molecule has 0 saturated carbocycles. The van der Waals surface area contributed by atoms with Crippen molar-refractivity contribution in [3.05, 3.63) is 29.8 Å². The highest BCUT2D eigenvalue weighted by Crippen LogP contribution is 2.27. The van der Waals surface area contributed by atoms with Gasteiger partial charge in [-0.1, -0.05) is 31.5 Å². The average molecular weight is 262 g/mol. The van der Waals surface area contributed by atoms with Crippen LogP contribution in [0.3, 0.4) is 0 Å². The number of hydrogen-bond acceptors (Lipinski definition) is 3. The van der Waals surface area contributed by atoms with Gasteiger partial charge < -0.3 is 15.8 Å². The highest BCUT2D eigenvalue weighted by Gasteiger charge is 2.22. The van der Waals surface area contributed by atoms with E-state index < -0.39 is 0 Å². The molecule has 0 aromatic heterocycles. The van der Waals surface area contributed by atoms with E-state index in [-0.39, 0.29) is 18.1 Å². The number of nitrogens with two attached hydrogens (primary N) is 1. The predicted octanol–water partition coefficient (Wildman–Crippen LogP) is 1.62. The second-order valence-electron chi connectivity index (χ2n) is 5.11. The lowest BCUT2D eigenvalue weighted by Gasteiger charge is -2.14. The number of benzene rings is 1. The Kier molecular flexibility index (Phi) is 4.80. The van der Waals surface area contributed by atoms with Gasteiger partial charge in [0.15, 0.2) is 0 Å². The SMILES string of the molecule is CCCC(N)CC(=O)NCC1Cc2ccccc2O1. The predicted molar refractivity (Wildman–Crippen MR) is 75.1 cm³/mol. The largest absolute Gasteiger partial charge is 0.488 e. The van der Waals surface area contributed by atoms with E-state index in [2.05, 4.69) is 18.3 Å². The van der Waals surface area contributed by atoms with E-state index in [1.807, 2.05) is 18.2 Å². The zero-order chi connectivity index (χ0) is 13.7. The molecule has 1 heterocycles. The highest BCUT2D eigenvalue weighted by molar-refractivity contribution is 5.76. The summed E-state index contributed by atoms with van der Waals surface area (Å²) in [6, 6.07) is 7.96. The van der Waals surface area contributed by atoms with Crippen LogP contribution in [0.15, 0.2) is 24.3 Å². The van der Waals surface area contributed by atoms with Gasteiger partial charge in [0.05, 0.1) is 6.54 Å². The summed E-state index contributed by atoms with van der Waals surface area (Å²) in [6.45, 7) is 2.62. The number of hydrogen-bond donors (Lipinski definition) is 2. The summed E-state index contributed by atoms with van der Waals surface area (Å²) in [5.74, 6) is 0.949. The standard InChI is InChI=1S/C15H22N2O2/c1-2-5-12(16)9-15(18)17-10-13-8-11-6-3-4-7-14(11)19-13/h3-4,6-7,12-13H,2,5,8-10,16H2,1H3,(H,17,18). The minimum atomic E-state index is -0.0355. The van der Waals surface area contributed by atoms with E-state index in [0.29, 0.717) is 13.0 Å². The van der Waals surface area contributed by atoms with E-state index >= 15 is 0 Å². The Balaban J connectivity index is 1.72. The Hall–Kier alpha value is -1.55. The maximum Gasteiger partial charge on any atom is 0.221 e. The van der Waals surface area contributed by atoms with Crippen LogP contribution in [0, 0.1) is 0 Å². The fourth-order valence-corrected chi connectivity index (χ4v) is 2.38. The summed E-state index contributed by atoms with van der Waals surface area (Å²) in [6.07, 6.45) is 3.20. The van der Waals surface area contributed by atoms with Crippen LogP contribution in [0.4, 0.5) is 0 Å². The van der Waals surface area contributed by atoms with Crippen LogP contribution < -0.4 is 15.8 Å². The van der Waals surface area contributed by atoms with Crippen molar-refractivity contribution in [1.82, 2.24) is 5.32 Å². The third kappa shape index (κ3) is 3.96. The highest BCUT2D eigenvalue weighted by atomic mass is 16.5. The van der Waals surface area contributed by atoms with Crippen LogP contribution in [0.1, 0.15) is 31.7 Å². The maximum atomic E-state index is 11.7. The van der Waals surface area contributed by atoms with Crippen molar-refractivity contribution in [3.8, 4) is 5.75 Å². The summed E-state index contributed by atoms with van der Waals surface area (Å²) in [5.41, 5.74) is 7.06. The normalized spacial score (nSPS) is 18.5. The van der Waals surface area contributed by atoms with Crippen LogP contribution in [0.5, 0.6) is 5.75 Å². The molecule has 0 saturated heterocycles. The quantitative estimate of drug-likeness (QED) is 0.819. The zero-order valence-electron chi connectivity index (χ0n) is 11.4. The van der Waals surface area contributed by atoms with Gasteiger partial charge in [0.2, 0.25) is 5.91 Å². The molecule has 0 fully saturated rings. The Morgan fingerprint density at radius 1 is 1.53 bits per heavy atom. The summed E-state index contributed by atoms with van der Waals surface area (Å²) >= 11 is 0. The average Bonchev–Trinajstić information content (AvgIpc) is 2.79. The Morgan fingerprint density at radius 3 is 3.05 bits per heavy atom. The van der Waals surface area contributed by atoms with Crippen LogP contribution in [0.25, 0.3) is 0 Å². The fraction of sp³-hybridized carbons (Fsp3) is 0.533. The van der Waals surface area contributed by atoms with Gasteiger partial charge in [-0.3, -0.25) is 4.79 Å². The third-order valence-corrected chi connectivity index (χ3v) is 3.35. The van der Waals surface area contributed by atoms with E-state index in [0.717, 1.165) is 25.0 Å². The second kappa shape index (κ2) is 6.57. The second-order valence-corrected chi connectivity index (χ2v) is 5.11. The Morgan fingerprint density at radius 2 is 2.32 bits per heavy atom. The van der Waals surface area contributed by atoms with Gasteiger partial charge >= 0.3 is 0 Å². The number of fused-ring (bicyclic) bond motifs is 1. The molecule has 2 rings (SSSR count). The molecule has 1 aliphatic heterocycles.